The lowest BCUT2D eigenvalue weighted by Crippen LogP contribution is -2.17. The SMILES string of the molecule is O=C(O)c1ccc(-n2cccc2C=NNC(=O)c2cccc(Cl)c2)cc1. The molecule has 26 heavy (non-hydrogen) atoms. The van der Waals surface area contributed by atoms with E-state index in [2.05, 4.69) is 10.5 Å². The minimum Gasteiger partial charge on any atom is -0.478 e. The lowest BCUT2D eigenvalue weighted by atomic mass is 10.2. The molecule has 2 aromatic carbocycles. The topological polar surface area (TPSA) is 83.7 Å². The molecule has 0 saturated heterocycles. The minimum absolute atomic E-state index is 0.213. The normalized spacial score (nSPS) is 10.8. The van der Waals surface area contributed by atoms with Crippen LogP contribution in [0.3, 0.4) is 0 Å². The molecule has 3 rings (SSSR count). The number of nitrogens with one attached hydrogen (secondary N) is 1. The Morgan fingerprint density at radius 2 is 1.81 bits per heavy atom. The first-order valence-electron chi connectivity index (χ1n) is 7.64. The van der Waals surface area contributed by atoms with Crippen molar-refractivity contribution in [1.82, 2.24) is 9.99 Å². The fraction of sp³-hybridized carbons (Fsp3) is 0. The number of aromatic nitrogens is 1. The zero-order valence-corrected chi connectivity index (χ0v) is 14.2. The highest BCUT2D eigenvalue weighted by atomic mass is 35.5. The molecular weight excluding hydrogens is 354 g/mol. The van der Waals surface area contributed by atoms with Crippen LogP contribution in [0.5, 0.6) is 0 Å². The monoisotopic (exact) mass is 367 g/mol. The van der Waals surface area contributed by atoms with E-state index >= 15 is 0 Å². The first-order valence-corrected chi connectivity index (χ1v) is 8.02. The smallest absolute Gasteiger partial charge is 0.335 e. The first-order chi connectivity index (χ1) is 12.5. The van der Waals surface area contributed by atoms with Crippen LogP contribution in [0.15, 0.2) is 72.0 Å². The number of carbonyl (C=O) groups excluding carboxylic acids is 1. The van der Waals surface area contributed by atoms with E-state index in [-0.39, 0.29) is 11.5 Å². The standard InChI is InChI=1S/C19H14ClN3O3/c20-15-4-1-3-14(11-15)18(24)22-21-12-17-5-2-10-23(17)16-8-6-13(7-9-16)19(25)26/h1-12H,(H,22,24)(H,25,26). The molecule has 2 N–H and O–H groups in total. The van der Waals surface area contributed by atoms with Gasteiger partial charge in [0.25, 0.3) is 5.91 Å². The van der Waals surface area contributed by atoms with Crippen LogP contribution >= 0.6 is 11.6 Å². The molecule has 0 aliphatic heterocycles. The maximum atomic E-state index is 12.0. The second kappa shape index (κ2) is 7.67. The van der Waals surface area contributed by atoms with Crippen molar-refractivity contribution in [2.75, 3.05) is 0 Å². The zero-order chi connectivity index (χ0) is 18.5. The zero-order valence-electron chi connectivity index (χ0n) is 13.5. The Morgan fingerprint density at radius 1 is 1.04 bits per heavy atom. The largest absolute Gasteiger partial charge is 0.478 e. The van der Waals surface area contributed by atoms with E-state index in [1.165, 1.54) is 18.3 Å². The molecule has 0 saturated carbocycles. The Bertz CT molecular complexity index is 978. The Kier molecular flexibility index (Phi) is 5.15. The molecule has 1 aromatic heterocycles. The van der Waals surface area contributed by atoms with Crippen LogP contribution in [0.4, 0.5) is 0 Å². The average Bonchev–Trinajstić information content (AvgIpc) is 3.10. The number of carboxylic acid groups (broad SMARTS) is 1. The summed E-state index contributed by atoms with van der Waals surface area (Å²) in [6, 6.07) is 16.7. The molecule has 1 amide bonds. The van der Waals surface area contributed by atoms with Gasteiger partial charge < -0.3 is 9.67 Å². The maximum absolute atomic E-state index is 12.0. The molecule has 130 valence electrons. The van der Waals surface area contributed by atoms with Crippen LogP contribution < -0.4 is 5.43 Å². The third-order valence-electron chi connectivity index (χ3n) is 3.62. The van der Waals surface area contributed by atoms with Gasteiger partial charge >= 0.3 is 5.97 Å². The van der Waals surface area contributed by atoms with Crippen LogP contribution in [-0.2, 0) is 0 Å². The molecule has 0 bridgehead atoms. The number of hydrazone groups is 1. The number of aromatic carboxylic acids is 1. The van der Waals surface area contributed by atoms with Gasteiger partial charge in [-0.3, -0.25) is 4.79 Å². The van der Waals surface area contributed by atoms with Crippen LogP contribution in [0, 0.1) is 0 Å². The minimum atomic E-state index is -0.977. The van der Waals surface area contributed by atoms with Crippen molar-refractivity contribution in [3.8, 4) is 5.69 Å². The summed E-state index contributed by atoms with van der Waals surface area (Å²) in [6.07, 6.45) is 3.32. The number of halogens is 1. The Hall–Kier alpha value is -3.38. The third-order valence-corrected chi connectivity index (χ3v) is 3.86. The summed E-state index contributed by atoms with van der Waals surface area (Å²) in [7, 11) is 0. The molecule has 0 radical (unpaired) electrons. The van der Waals surface area contributed by atoms with Crippen molar-refractivity contribution in [2.45, 2.75) is 0 Å². The second-order valence-corrected chi connectivity index (χ2v) is 5.80. The van der Waals surface area contributed by atoms with Crippen molar-refractivity contribution < 1.29 is 14.7 Å². The van der Waals surface area contributed by atoms with E-state index in [4.69, 9.17) is 16.7 Å². The van der Waals surface area contributed by atoms with Gasteiger partial charge in [-0.2, -0.15) is 5.10 Å². The molecule has 0 spiro atoms. The number of hydrogen-bond donors (Lipinski definition) is 2. The predicted octanol–water partition coefficient (Wildman–Crippen LogP) is 3.59. The van der Waals surface area contributed by atoms with Crippen molar-refractivity contribution in [2.24, 2.45) is 5.10 Å². The predicted molar refractivity (Wildman–Crippen MR) is 99.2 cm³/mol. The molecule has 1 heterocycles. The maximum Gasteiger partial charge on any atom is 0.335 e. The molecule has 0 aliphatic rings. The summed E-state index contributed by atoms with van der Waals surface area (Å²) >= 11 is 5.86. The lowest BCUT2D eigenvalue weighted by molar-refractivity contribution is 0.0696. The summed E-state index contributed by atoms with van der Waals surface area (Å²) in [6.45, 7) is 0. The van der Waals surface area contributed by atoms with Crippen LogP contribution in [0.25, 0.3) is 5.69 Å². The van der Waals surface area contributed by atoms with E-state index < -0.39 is 5.97 Å². The average molecular weight is 368 g/mol. The van der Waals surface area contributed by atoms with E-state index in [0.29, 0.717) is 10.6 Å². The summed E-state index contributed by atoms with van der Waals surface area (Å²) in [5.41, 5.74) is 4.57. The van der Waals surface area contributed by atoms with Gasteiger partial charge in [-0.25, -0.2) is 10.2 Å². The molecule has 7 heteroatoms. The van der Waals surface area contributed by atoms with Crippen molar-refractivity contribution >= 4 is 29.7 Å². The Labute approximate surface area is 154 Å². The third kappa shape index (κ3) is 3.99. The highest BCUT2D eigenvalue weighted by Gasteiger charge is 2.06. The number of amides is 1. The lowest BCUT2D eigenvalue weighted by Gasteiger charge is -2.06. The molecule has 0 aliphatic carbocycles. The van der Waals surface area contributed by atoms with E-state index in [0.717, 1.165) is 11.4 Å². The molecule has 0 unspecified atom stereocenters. The van der Waals surface area contributed by atoms with Gasteiger partial charge in [-0.15, -0.1) is 0 Å². The van der Waals surface area contributed by atoms with Gasteiger partial charge in [-0.05, 0) is 54.6 Å². The number of hydrogen-bond acceptors (Lipinski definition) is 3. The van der Waals surface area contributed by atoms with Gasteiger partial charge in [0.05, 0.1) is 17.5 Å². The second-order valence-electron chi connectivity index (χ2n) is 5.36. The number of benzene rings is 2. The van der Waals surface area contributed by atoms with Gasteiger partial charge in [0.1, 0.15) is 0 Å². The van der Waals surface area contributed by atoms with Crippen LogP contribution in [0.1, 0.15) is 26.4 Å². The summed E-state index contributed by atoms with van der Waals surface area (Å²) in [5.74, 6) is -1.35. The number of rotatable bonds is 5. The van der Waals surface area contributed by atoms with Crippen LogP contribution in [0.2, 0.25) is 5.02 Å². The fourth-order valence-electron chi connectivity index (χ4n) is 2.35. The van der Waals surface area contributed by atoms with Crippen molar-refractivity contribution in [1.29, 1.82) is 0 Å². The van der Waals surface area contributed by atoms with Crippen molar-refractivity contribution in [3.05, 3.63) is 88.7 Å². The number of carbonyl (C=O) groups is 2. The molecule has 0 fully saturated rings. The summed E-state index contributed by atoms with van der Waals surface area (Å²) in [5, 5.41) is 13.4. The first kappa shape index (κ1) is 17.4. The highest BCUT2D eigenvalue weighted by molar-refractivity contribution is 6.30. The van der Waals surface area contributed by atoms with Gasteiger partial charge in [0.15, 0.2) is 0 Å². The summed E-state index contributed by atoms with van der Waals surface area (Å²) < 4.78 is 1.82. The van der Waals surface area contributed by atoms with E-state index in [1.807, 2.05) is 22.9 Å². The Morgan fingerprint density at radius 3 is 2.50 bits per heavy atom. The molecule has 3 aromatic rings. The van der Waals surface area contributed by atoms with Crippen LogP contribution in [-0.4, -0.2) is 27.8 Å². The van der Waals surface area contributed by atoms with Gasteiger partial charge in [-0.1, -0.05) is 17.7 Å². The molecule has 0 atom stereocenters. The van der Waals surface area contributed by atoms with E-state index in [9.17, 15) is 9.59 Å². The van der Waals surface area contributed by atoms with Crippen molar-refractivity contribution in [3.63, 3.8) is 0 Å². The Balaban J connectivity index is 1.73. The number of carboxylic acids is 1. The molecule has 6 nitrogen and oxygen atoms in total. The van der Waals surface area contributed by atoms with Gasteiger partial charge in [0.2, 0.25) is 0 Å². The fourth-order valence-corrected chi connectivity index (χ4v) is 2.54. The summed E-state index contributed by atoms with van der Waals surface area (Å²) in [4.78, 5) is 23.0. The highest BCUT2D eigenvalue weighted by Crippen LogP contribution is 2.13. The van der Waals surface area contributed by atoms with E-state index in [1.54, 1.807) is 36.4 Å². The molecular formula is C19H14ClN3O3. The van der Waals surface area contributed by atoms with Gasteiger partial charge in [0, 0.05) is 22.5 Å². The number of nitrogens with zero attached hydrogens (tertiary/aromatic N) is 2. The quantitative estimate of drug-likeness (QED) is 0.534.